The zero-order valence-electron chi connectivity index (χ0n) is 15.4. The lowest BCUT2D eigenvalue weighted by molar-refractivity contribution is -0.116. The van der Waals surface area contributed by atoms with Crippen LogP contribution in [-0.2, 0) is 10.5 Å². The number of rotatable bonds is 3. The number of nitrogens with zero attached hydrogens (tertiary/aromatic N) is 4. The molecule has 1 amide bonds. The predicted octanol–water partition coefficient (Wildman–Crippen LogP) is 2.16. The average molecular weight is 399 g/mol. The van der Waals surface area contributed by atoms with Crippen LogP contribution in [0.5, 0.6) is 0 Å². The number of nitrogens with one attached hydrogen (secondary N) is 1. The third-order valence-electron chi connectivity index (χ3n) is 4.74. The quantitative estimate of drug-likeness (QED) is 0.733. The van der Waals surface area contributed by atoms with Gasteiger partial charge >= 0.3 is 0 Å². The minimum Gasteiger partial charge on any atom is -0.298 e. The Morgan fingerprint density at radius 2 is 1.72 bits per heavy atom. The van der Waals surface area contributed by atoms with E-state index in [9.17, 15) is 4.79 Å². The van der Waals surface area contributed by atoms with Crippen LogP contribution in [0.25, 0.3) is 5.70 Å². The zero-order valence-corrected chi connectivity index (χ0v) is 16.2. The number of hydrogen-bond acceptors (Lipinski definition) is 6. The first-order valence-corrected chi connectivity index (χ1v) is 10.2. The van der Waals surface area contributed by atoms with Crippen LogP contribution >= 0.6 is 11.8 Å². The van der Waals surface area contributed by atoms with E-state index in [-0.39, 0.29) is 5.91 Å². The molecule has 0 aliphatic carbocycles. The number of hydrogen-bond donors (Lipinski definition) is 1. The summed E-state index contributed by atoms with van der Waals surface area (Å²) in [6.07, 6.45) is 3.04. The topological polar surface area (TPSA) is 70.0 Å². The number of amides is 1. The summed E-state index contributed by atoms with van der Waals surface area (Å²) in [6.45, 7) is 0. The van der Waals surface area contributed by atoms with E-state index in [0.29, 0.717) is 10.9 Å². The number of thioether (sulfide) groups is 1. The molecule has 2 aliphatic heterocycles. The summed E-state index contributed by atoms with van der Waals surface area (Å²) in [5.74, 6) is 0.550. The van der Waals surface area contributed by atoms with Crippen molar-refractivity contribution in [1.29, 1.82) is 0 Å². The zero-order chi connectivity index (χ0) is 19.6. The smallest absolute Gasteiger partial charge is 0.276 e. The second-order valence-electron chi connectivity index (χ2n) is 6.63. The molecule has 5 rings (SSSR count). The monoisotopic (exact) mass is 399 g/mol. The van der Waals surface area contributed by atoms with Gasteiger partial charge in [0.25, 0.3) is 5.91 Å². The van der Waals surface area contributed by atoms with E-state index in [4.69, 9.17) is 10.1 Å². The van der Waals surface area contributed by atoms with Gasteiger partial charge in [-0.3, -0.25) is 20.1 Å². The third kappa shape index (κ3) is 3.40. The van der Waals surface area contributed by atoms with Crippen molar-refractivity contribution in [1.82, 2.24) is 15.3 Å². The number of pyridine rings is 1. The molecule has 1 unspecified atom stereocenters. The summed E-state index contributed by atoms with van der Waals surface area (Å²) < 4.78 is 0. The molecule has 1 atom stereocenters. The maximum atomic E-state index is 13.1. The number of hydrazone groups is 1. The molecule has 2 aromatic carbocycles. The summed E-state index contributed by atoms with van der Waals surface area (Å²) in [4.78, 5) is 22.0. The summed E-state index contributed by atoms with van der Waals surface area (Å²) in [5.41, 5.74) is 2.61. The Morgan fingerprint density at radius 3 is 2.55 bits per heavy atom. The first-order valence-electron chi connectivity index (χ1n) is 9.22. The van der Waals surface area contributed by atoms with Crippen LogP contribution in [0.1, 0.15) is 17.3 Å². The molecule has 6 nitrogen and oxygen atoms in total. The van der Waals surface area contributed by atoms with Crippen LogP contribution in [0, 0.1) is 0 Å². The number of fused-ring (bicyclic) bond motifs is 2. The van der Waals surface area contributed by atoms with E-state index >= 15 is 0 Å². The van der Waals surface area contributed by atoms with Crippen molar-refractivity contribution in [3.05, 3.63) is 101 Å². The Kier molecular flexibility index (Phi) is 4.57. The summed E-state index contributed by atoms with van der Waals surface area (Å²) in [7, 11) is 0. The number of benzene rings is 2. The fourth-order valence-corrected chi connectivity index (χ4v) is 4.18. The third-order valence-corrected chi connectivity index (χ3v) is 5.67. The molecule has 0 spiro atoms. The first kappa shape index (κ1) is 17.6. The molecule has 142 valence electrons. The Hall–Kier alpha value is -3.45. The molecule has 3 aromatic rings. The van der Waals surface area contributed by atoms with Gasteiger partial charge in [0.1, 0.15) is 5.70 Å². The normalized spacial score (nSPS) is 17.6. The van der Waals surface area contributed by atoms with Gasteiger partial charge in [0.2, 0.25) is 0 Å². The fraction of sp³-hybridized carbons (Fsp3) is 0.0909. The second-order valence-corrected chi connectivity index (χ2v) is 7.59. The van der Waals surface area contributed by atoms with Gasteiger partial charge in [0.05, 0.1) is 5.36 Å². The fourth-order valence-electron chi connectivity index (χ4n) is 3.37. The molecular formula is C22H17N5OS. The van der Waals surface area contributed by atoms with E-state index in [0.717, 1.165) is 21.9 Å². The lowest BCUT2D eigenvalue weighted by atomic mass is 10.1. The van der Waals surface area contributed by atoms with Crippen molar-refractivity contribution in [3.8, 4) is 0 Å². The molecule has 0 radical (unpaired) electrons. The van der Waals surface area contributed by atoms with Crippen molar-refractivity contribution in [2.45, 2.75) is 11.9 Å². The van der Waals surface area contributed by atoms with E-state index < -0.39 is 6.17 Å². The van der Waals surface area contributed by atoms with Gasteiger partial charge in [0, 0.05) is 28.9 Å². The largest absolute Gasteiger partial charge is 0.298 e. The molecule has 0 saturated carbocycles. The van der Waals surface area contributed by atoms with Crippen LogP contribution in [0.3, 0.4) is 0 Å². The highest BCUT2D eigenvalue weighted by atomic mass is 32.2. The standard InChI is InChI=1S/C22H17N5OS/c28-21-19-17-8-4-5-9-18(17)24-20(16-10-12-23-13-11-16)27(19)26-22(25-21)29-14-15-6-2-1-3-7-15/h1-13,20H,14H2,(H,25,26,28). The molecule has 1 aromatic heterocycles. The molecule has 1 N–H and O–H groups in total. The number of amidine groups is 1. The molecule has 0 fully saturated rings. The van der Waals surface area contributed by atoms with Crippen molar-refractivity contribution in [3.63, 3.8) is 0 Å². The van der Waals surface area contributed by atoms with E-state index in [1.807, 2.05) is 54.6 Å². The Labute approximate surface area is 171 Å². The van der Waals surface area contributed by atoms with Crippen LogP contribution in [0.2, 0.25) is 0 Å². The van der Waals surface area contributed by atoms with Gasteiger partial charge in [-0.05, 0) is 23.8 Å². The second kappa shape index (κ2) is 7.52. The number of carbonyl (C=O) groups is 1. The molecule has 29 heavy (non-hydrogen) atoms. The van der Waals surface area contributed by atoms with Crippen molar-refractivity contribution >= 4 is 28.5 Å². The number of para-hydroxylation sites is 1. The highest BCUT2D eigenvalue weighted by molar-refractivity contribution is 8.13. The van der Waals surface area contributed by atoms with Crippen LogP contribution in [0.15, 0.2) is 89.2 Å². The van der Waals surface area contributed by atoms with Gasteiger partial charge in [0.15, 0.2) is 11.3 Å². The Morgan fingerprint density at radius 1 is 0.966 bits per heavy atom. The van der Waals surface area contributed by atoms with Gasteiger partial charge in [-0.1, -0.05) is 60.3 Å². The lowest BCUT2D eigenvalue weighted by Crippen LogP contribution is -2.50. The van der Waals surface area contributed by atoms with Crippen molar-refractivity contribution in [2.24, 2.45) is 10.1 Å². The van der Waals surface area contributed by atoms with E-state index in [1.165, 1.54) is 17.3 Å². The molecule has 2 aliphatic rings. The maximum Gasteiger partial charge on any atom is 0.276 e. The first-order chi connectivity index (χ1) is 14.3. The summed E-state index contributed by atoms with van der Waals surface area (Å²) in [5, 5.41) is 11.6. The number of carbonyl (C=O) groups excluding carboxylic acids is 1. The molecular weight excluding hydrogens is 382 g/mol. The lowest BCUT2D eigenvalue weighted by Gasteiger charge is -2.34. The van der Waals surface area contributed by atoms with Crippen molar-refractivity contribution in [2.75, 3.05) is 0 Å². The minimum atomic E-state index is -0.415. The van der Waals surface area contributed by atoms with Crippen LogP contribution in [0.4, 0.5) is 0 Å². The Balaban J connectivity index is 1.57. The maximum absolute atomic E-state index is 13.1. The van der Waals surface area contributed by atoms with Crippen LogP contribution < -0.4 is 15.9 Å². The van der Waals surface area contributed by atoms with Gasteiger partial charge < -0.3 is 0 Å². The van der Waals surface area contributed by atoms with Crippen LogP contribution in [-0.4, -0.2) is 21.1 Å². The predicted molar refractivity (Wildman–Crippen MR) is 113 cm³/mol. The average Bonchev–Trinajstić information content (AvgIpc) is 2.78. The SMILES string of the molecule is O=C1NC(SCc2ccccc2)=NN2C1=c1ccccc1=NC2c1ccncc1. The number of aromatic nitrogens is 1. The van der Waals surface area contributed by atoms with Gasteiger partial charge in [-0.2, -0.15) is 0 Å². The van der Waals surface area contributed by atoms with Gasteiger partial charge in [-0.25, -0.2) is 5.01 Å². The van der Waals surface area contributed by atoms with E-state index in [2.05, 4.69) is 22.4 Å². The molecule has 3 heterocycles. The van der Waals surface area contributed by atoms with E-state index in [1.54, 1.807) is 17.4 Å². The molecule has 7 heteroatoms. The Bertz CT molecular complexity index is 1210. The van der Waals surface area contributed by atoms with Gasteiger partial charge in [-0.15, -0.1) is 5.10 Å². The molecule has 0 bridgehead atoms. The highest BCUT2D eigenvalue weighted by Crippen LogP contribution is 2.30. The highest BCUT2D eigenvalue weighted by Gasteiger charge is 2.34. The summed E-state index contributed by atoms with van der Waals surface area (Å²) in [6, 6.07) is 21.6. The summed E-state index contributed by atoms with van der Waals surface area (Å²) >= 11 is 1.50. The molecule has 0 saturated heterocycles. The minimum absolute atomic E-state index is 0.169. The van der Waals surface area contributed by atoms with Crippen molar-refractivity contribution < 1.29 is 4.79 Å².